The molecular formula is C20H21NO4. The van der Waals surface area contributed by atoms with Crippen LogP contribution in [0, 0.1) is 0 Å². The average Bonchev–Trinajstić information content (AvgIpc) is 2.66. The predicted octanol–water partition coefficient (Wildman–Crippen LogP) is 3.08. The van der Waals surface area contributed by atoms with E-state index in [9.17, 15) is 9.59 Å². The molecular weight excluding hydrogens is 318 g/mol. The summed E-state index contributed by atoms with van der Waals surface area (Å²) in [5, 5.41) is 3.03. The third-order valence-corrected chi connectivity index (χ3v) is 4.41. The highest BCUT2D eigenvalue weighted by Crippen LogP contribution is 2.29. The lowest BCUT2D eigenvalue weighted by Crippen LogP contribution is -2.34. The number of rotatable bonds is 6. The van der Waals surface area contributed by atoms with Gasteiger partial charge in [-0.05, 0) is 48.6 Å². The molecule has 1 aliphatic rings. The maximum Gasteiger partial charge on any atom is 0.258 e. The summed E-state index contributed by atoms with van der Waals surface area (Å²) in [6.07, 6.45) is 3.71. The van der Waals surface area contributed by atoms with E-state index in [-0.39, 0.29) is 18.6 Å². The van der Waals surface area contributed by atoms with Crippen molar-refractivity contribution < 1.29 is 19.1 Å². The summed E-state index contributed by atoms with van der Waals surface area (Å²) in [5.74, 6) is 0.738. The zero-order chi connectivity index (χ0) is 17.6. The molecule has 5 nitrogen and oxygen atoms in total. The van der Waals surface area contributed by atoms with Crippen LogP contribution in [0.15, 0.2) is 42.5 Å². The summed E-state index contributed by atoms with van der Waals surface area (Å²) in [5.41, 5.74) is 2.83. The van der Waals surface area contributed by atoms with Crippen LogP contribution in [0.25, 0.3) is 0 Å². The summed E-state index contributed by atoms with van der Waals surface area (Å²) >= 11 is 0. The Labute approximate surface area is 147 Å². The minimum Gasteiger partial charge on any atom is -0.497 e. The first kappa shape index (κ1) is 17.0. The lowest BCUT2D eigenvalue weighted by atomic mass is 9.88. The van der Waals surface area contributed by atoms with Crippen LogP contribution in [0.3, 0.4) is 0 Å². The summed E-state index contributed by atoms with van der Waals surface area (Å²) in [6.45, 7) is -0.133. The van der Waals surface area contributed by atoms with Gasteiger partial charge in [0.1, 0.15) is 11.5 Å². The first-order valence-electron chi connectivity index (χ1n) is 8.34. The second-order valence-electron chi connectivity index (χ2n) is 6.02. The van der Waals surface area contributed by atoms with Crippen molar-refractivity contribution >= 4 is 12.2 Å². The third-order valence-electron chi connectivity index (χ3n) is 4.41. The summed E-state index contributed by atoms with van der Waals surface area (Å²) in [6, 6.07) is 13.1. The molecule has 1 amide bonds. The van der Waals surface area contributed by atoms with E-state index in [1.165, 1.54) is 18.2 Å². The lowest BCUT2D eigenvalue weighted by molar-refractivity contribution is -0.124. The van der Waals surface area contributed by atoms with E-state index in [1.54, 1.807) is 18.2 Å². The van der Waals surface area contributed by atoms with Crippen molar-refractivity contribution in [2.45, 2.75) is 25.3 Å². The van der Waals surface area contributed by atoms with Crippen LogP contribution in [0.4, 0.5) is 0 Å². The van der Waals surface area contributed by atoms with Gasteiger partial charge in [-0.2, -0.15) is 0 Å². The predicted molar refractivity (Wildman–Crippen MR) is 94.1 cm³/mol. The number of hydrogen-bond acceptors (Lipinski definition) is 4. The average molecular weight is 339 g/mol. The van der Waals surface area contributed by atoms with Crippen molar-refractivity contribution in [1.82, 2.24) is 5.32 Å². The summed E-state index contributed by atoms with van der Waals surface area (Å²) in [4.78, 5) is 23.4. The van der Waals surface area contributed by atoms with Crippen LogP contribution in [0.1, 0.15) is 40.4 Å². The maximum atomic E-state index is 12.3. The molecule has 5 heteroatoms. The lowest BCUT2D eigenvalue weighted by Gasteiger charge is -2.26. The number of carbonyl (C=O) groups excluding carboxylic acids is 2. The Morgan fingerprint density at radius 3 is 2.92 bits per heavy atom. The zero-order valence-electron chi connectivity index (χ0n) is 14.2. The number of fused-ring (bicyclic) bond motifs is 1. The van der Waals surface area contributed by atoms with Crippen molar-refractivity contribution in [2.75, 3.05) is 13.7 Å². The molecule has 0 aliphatic heterocycles. The number of methoxy groups -OCH3 is 1. The molecule has 0 spiro atoms. The Morgan fingerprint density at radius 2 is 2.12 bits per heavy atom. The molecule has 0 heterocycles. The number of nitrogens with one attached hydrogen (secondary N) is 1. The molecule has 130 valence electrons. The molecule has 25 heavy (non-hydrogen) atoms. The van der Waals surface area contributed by atoms with Gasteiger partial charge in [0.25, 0.3) is 5.91 Å². The molecule has 1 atom stereocenters. The fraction of sp³-hybridized carbons (Fsp3) is 0.300. The topological polar surface area (TPSA) is 64.6 Å². The monoisotopic (exact) mass is 339 g/mol. The second-order valence-corrected chi connectivity index (χ2v) is 6.02. The molecule has 0 fully saturated rings. The van der Waals surface area contributed by atoms with Gasteiger partial charge in [-0.25, -0.2) is 0 Å². The number of aryl methyl sites for hydroxylation is 1. The number of carbonyl (C=O) groups is 2. The van der Waals surface area contributed by atoms with Crippen molar-refractivity contribution in [1.29, 1.82) is 0 Å². The second kappa shape index (κ2) is 7.83. The fourth-order valence-electron chi connectivity index (χ4n) is 3.16. The van der Waals surface area contributed by atoms with E-state index in [0.717, 1.165) is 19.3 Å². The smallest absolute Gasteiger partial charge is 0.258 e. The molecule has 0 radical (unpaired) electrons. The first-order valence-corrected chi connectivity index (χ1v) is 8.34. The Morgan fingerprint density at radius 1 is 1.28 bits per heavy atom. The Hall–Kier alpha value is -2.82. The highest BCUT2D eigenvalue weighted by atomic mass is 16.5. The van der Waals surface area contributed by atoms with Crippen LogP contribution in [-0.4, -0.2) is 25.9 Å². The molecule has 0 bridgehead atoms. The van der Waals surface area contributed by atoms with E-state index in [4.69, 9.17) is 9.47 Å². The number of ether oxygens (including phenoxy) is 2. The van der Waals surface area contributed by atoms with Gasteiger partial charge in [0.2, 0.25) is 0 Å². The van der Waals surface area contributed by atoms with Gasteiger partial charge in [-0.1, -0.05) is 24.3 Å². The van der Waals surface area contributed by atoms with E-state index >= 15 is 0 Å². The highest BCUT2D eigenvalue weighted by Gasteiger charge is 2.21. The minimum absolute atomic E-state index is 0.0162. The van der Waals surface area contributed by atoms with Crippen molar-refractivity contribution in [2.24, 2.45) is 0 Å². The SMILES string of the molecule is COc1ccc(OCC(=O)N[C@@H]2CCCc3ccccc32)c(C=O)c1. The third kappa shape index (κ3) is 3.99. The Balaban J connectivity index is 1.62. The highest BCUT2D eigenvalue weighted by molar-refractivity contribution is 5.81. The van der Waals surface area contributed by atoms with Gasteiger partial charge in [-0.3, -0.25) is 9.59 Å². The molecule has 1 aliphatic carbocycles. The summed E-state index contributed by atoms with van der Waals surface area (Å²) in [7, 11) is 1.53. The van der Waals surface area contributed by atoms with E-state index < -0.39 is 0 Å². The van der Waals surface area contributed by atoms with Crippen LogP contribution < -0.4 is 14.8 Å². The van der Waals surface area contributed by atoms with Crippen molar-refractivity contribution in [3.05, 3.63) is 59.2 Å². The summed E-state index contributed by atoms with van der Waals surface area (Å²) < 4.78 is 10.6. The number of hydrogen-bond donors (Lipinski definition) is 1. The Bertz CT molecular complexity index is 772. The van der Waals surface area contributed by atoms with Crippen molar-refractivity contribution in [3.63, 3.8) is 0 Å². The van der Waals surface area contributed by atoms with E-state index in [2.05, 4.69) is 17.4 Å². The maximum absolute atomic E-state index is 12.3. The largest absolute Gasteiger partial charge is 0.497 e. The van der Waals surface area contributed by atoms with Gasteiger partial charge in [0.05, 0.1) is 18.7 Å². The quantitative estimate of drug-likeness (QED) is 0.822. The zero-order valence-corrected chi connectivity index (χ0v) is 14.2. The van der Waals surface area contributed by atoms with Gasteiger partial charge in [0.15, 0.2) is 12.9 Å². The van der Waals surface area contributed by atoms with Gasteiger partial charge >= 0.3 is 0 Å². The van der Waals surface area contributed by atoms with E-state index in [1.807, 2.05) is 12.1 Å². The molecule has 3 rings (SSSR count). The molecule has 0 saturated carbocycles. The first-order chi connectivity index (χ1) is 12.2. The number of aldehydes is 1. The van der Waals surface area contributed by atoms with Crippen LogP contribution >= 0.6 is 0 Å². The van der Waals surface area contributed by atoms with Crippen LogP contribution in [-0.2, 0) is 11.2 Å². The normalized spacial score (nSPS) is 15.8. The molecule has 0 saturated heterocycles. The standard InChI is InChI=1S/C20H21NO4/c1-24-16-9-10-19(15(11-16)12-22)25-13-20(23)21-18-8-4-6-14-5-2-3-7-17(14)18/h2-3,5,7,9-12,18H,4,6,8,13H2,1H3,(H,21,23)/t18-/m1/s1. The molecule has 2 aromatic rings. The minimum atomic E-state index is -0.200. The van der Waals surface area contributed by atoms with Crippen molar-refractivity contribution in [3.8, 4) is 11.5 Å². The van der Waals surface area contributed by atoms with E-state index in [0.29, 0.717) is 23.3 Å². The van der Waals surface area contributed by atoms with Crippen LogP contribution in [0.2, 0.25) is 0 Å². The molecule has 0 aromatic heterocycles. The molecule has 1 N–H and O–H groups in total. The Kier molecular flexibility index (Phi) is 5.33. The van der Waals surface area contributed by atoms with Gasteiger partial charge in [-0.15, -0.1) is 0 Å². The number of amides is 1. The molecule has 2 aromatic carbocycles. The fourth-order valence-corrected chi connectivity index (χ4v) is 3.16. The van der Waals surface area contributed by atoms with Gasteiger partial charge < -0.3 is 14.8 Å². The van der Waals surface area contributed by atoms with Crippen LogP contribution in [0.5, 0.6) is 11.5 Å². The molecule has 0 unspecified atom stereocenters. The van der Waals surface area contributed by atoms with Gasteiger partial charge in [0, 0.05) is 0 Å². The number of benzene rings is 2.